The van der Waals surface area contributed by atoms with Gasteiger partial charge in [-0.3, -0.25) is 0 Å². The van der Waals surface area contributed by atoms with Gasteiger partial charge in [0.2, 0.25) is 0 Å². The van der Waals surface area contributed by atoms with Crippen molar-refractivity contribution < 1.29 is 0 Å². The molecule has 80 valence electrons. The monoisotopic (exact) mass is 200 g/mol. The zero-order chi connectivity index (χ0) is 10.7. The lowest BCUT2D eigenvalue weighted by molar-refractivity contribution is 0.246. The zero-order valence-electron chi connectivity index (χ0n) is 9.69. The highest BCUT2D eigenvalue weighted by molar-refractivity contribution is 5.20. The molecule has 0 N–H and O–H groups in total. The maximum Gasteiger partial charge on any atom is 0.000660 e. The summed E-state index contributed by atoms with van der Waals surface area (Å²) >= 11 is 0. The first-order valence-electron chi connectivity index (χ1n) is 5.88. The summed E-state index contributed by atoms with van der Waals surface area (Å²) in [6, 6.07) is 0. The molecule has 0 nitrogen and oxygen atoms in total. The van der Waals surface area contributed by atoms with Gasteiger partial charge in [0.1, 0.15) is 0 Å². The first-order chi connectivity index (χ1) is 7.21. The first kappa shape index (κ1) is 10.5. The Hall–Kier alpha value is -1.04. The highest BCUT2D eigenvalue weighted by Crippen LogP contribution is 2.40. The average Bonchev–Trinajstić information content (AvgIpc) is 2.31. The molecule has 0 bridgehead atoms. The van der Waals surface area contributed by atoms with Crippen LogP contribution in [0.4, 0.5) is 0 Å². The molecule has 0 aromatic rings. The van der Waals surface area contributed by atoms with Crippen LogP contribution in [0.3, 0.4) is 0 Å². The normalized spacial score (nSPS) is 22.5. The second kappa shape index (κ2) is 4.22. The Bertz CT molecular complexity index is 270. The fourth-order valence-electron chi connectivity index (χ4n) is 2.40. The molecular formula is C15H20. The van der Waals surface area contributed by atoms with Crippen molar-refractivity contribution >= 4 is 0 Å². The summed E-state index contributed by atoms with van der Waals surface area (Å²) in [7, 11) is 0. The van der Waals surface area contributed by atoms with Crippen molar-refractivity contribution in [3.63, 3.8) is 0 Å². The van der Waals surface area contributed by atoms with Gasteiger partial charge in [0.05, 0.1) is 0 Å². The number of hydrogen-bond acceptors (Lipinski definition) is 0. The second-order valence-electron chi connectivity index (χ2n) is 5.06. The van der Waals surface area contributed by atoms with Crippen LogP contribution in [-0.4, -0.2) is 0 Å². The van der Waals surface area contributed by atoms with E-state index in [0.29, 0.717) is 17.3 Å². The van der Waals surface area contributed by atoms with Crippen molar-refractivity contribution in [1.82, 2.24) is 0 Å². The van der Waals surface area contributed by atoms with Crippen LogP contribution in [0.1, 0.15) is 26.7 Å². The molecule has 0 amide bonds. The summed E-state index contributed by atoms with van der Waals surface area (Å²) in [5.41, 5.74) is 0.292. The van der Waals surface area contributed by atoms with Gasteiger partial charge in [0.15, 0.2) is 0 Å². The van der Waals surface area contributed by atoms with Crippen LogP contribution in [0.15, 0.2) is 48.6 Å². The van der Waals surface area contributed by atoms with Gasteiger partial charge in [-0.1, -0.05) is 62.5 Å². The molecule has 0 atom stereocenters. The Kier molecular flexibility index (Phi) is 2.95. The van der Waals surface area contributed by atoms with Crippen LogP contribution in [0, 0.1) is 17.3 Å². The molecule has 0 saturated carbocycles. The molecule has 0 saturated heterocycles. The van der Waals surface area contributed by atoms with E-state index in [-0.39, 0.29) is 0 Å². The van der Waals surface area contributed by atoms with Gasteiger partial charge in [-0.15, -0.1) is 0 Å². The van der Waals surface area contributed by atoms with E-state index in [2.05, 4.69) is 62.5 Å². The Balaban J connectivity index is 2.17. The number of hydrogen-bond donors (Lipinski definition) is 0. The molecule has 0 aromatic heterocycles. The molecule has 0 heterocycles. The molecule has 0 aromatic carbocycles. The lowest BCUT2D eigenvalue weighted by atomic mass is 9.67. The maximum atomic E-state index is 2.36. The van der Waals surface area contributed by atoms with E-state index in [9.17, 15) is 0 Å². The fraction of sp³-hybridized carbons (Fsp3) is 0.467. The predicted octanol–water partition coefficient (Wildman–Crippen LogP) is 4.28. The van der Waals surface area contributed by atoms with Gasteiger partial charge in [-0.2, -0.15) is 0 Å². The first-order valence-corrected chi connectivity index (χ1v) is 5.88. The van der Waals surface area contributed by atoms with E-state index in [4.69, 9.17) is 0 Å². The van der Waals surface area contributed by atoms with Crippen molar-refractivity contribution in [2.75, 3.05) is 0 Å². The van der Waals surface area contributed by atoms with Crippen LogP contribution >= 0.6 is 0 Å². The quantitative estimate of drug-likeness (QED) is 0.584. The van der Waals surface area contributed by atoms with Crippen molar-refractivity contribution in [2.24, 2.45) is 17.3 Å². The van der Waals surface area contributed by atoms with Crippen molar-refractivity contribution in [3.8, 4) is 0 Å². The number of allylic oxidation sites excluding steroid dienone is 8. The molecule has 0 spiro atoms. The van der Waals surface area contributed by atoms with Gasteiger partial charge in [0, 0.05) is 11.8 Å². The minimum absolute atomic E-state index is 0.292. The van der Waals surface area contributed by atoms with E-state index < -0.39 is 0 Å². The Morgan fingerprint density at radius 2 is 1.07 bits per heavy atom. The Morgan fingerprint density at radius 3 is 1.40 bits per heavy atom. The average molecular weight is 200 g/mol. The van der Waals surface area contributed by atoms with E-state index in [1.54, 1.807) is 0 Å². The van der Waals surface area contributed by atoms with Crippen LogP contribution in [0.2, 0.25) is 0 Å². The van der Waals surface area contributed by atoms with E-state index >= 15 is 0 Å². The SMILES string of the molecule is CC(C)(C1C=CCC=C1)C1C=CCC=C1. The lowest BCUT2D eigenvalue weighted by Gasteiger charge is -2.37. The Morgan fingerprint density at radius 1 is 0.733 bits per heavy atom. The van der Waals surface area contributed by atoms with Crippen LogP contribution in [-0.2, 0) is 0 Å². The number of rotatable bonds is 2. The van der Waals surface area contributed by atoms with Gasteiger partial charge in [-0.05, 0) is 18.3 Å². The van der Waals surface area contributed by atoms with Gasteiger partial charge in [-0.25, -0.2) is 0 Å². The minimum atomic E-state index is 0.292. The topological polar surface area (TPSA) is 0 Å². The molecule has 2 aliphatic rings. The van der Waals surface area contributed by atoms with E-state index in [1.807, 2.05) is 0 Å². The third-order valence-electron chi connectivity index (χ3n) is 3.64. The molecule has 0 aliphatic heterocycles. The third kappa shape index (κ3) is 2.14. The standard InChI is InChI=1S/C15H20/c1-15(2,13-9-5-3-6-10-13)14-11-7-4-8-12-14/h5-14H,3-4H2,1-2H3. The van der Waals surface area contributed by atoms with Crippen molar-refractivity contribution in [1.29, 1.82) is 0 Å². The van der Waals surface area contributed by atoms with Crippen molar-refractivity contribution in [3.05, 3.63) is 48.6 Å². The third-order valence-corrected chi connectivity index (χ3v) is 3.64. The maximum absolute atomic E-state index is 2.36. The van der Waals surface area contributed by atoms with Gasteiger partial charge < -0.3 is 0 Å². The molecule has 0 heteroatoms. The van der Waals surface area contributed by atoms with E-state index in [1.165, 1.54) is 0 Å². The second-order valence-corrected chi connectivity index (χ2v) is 5.06. The van der Waals surface area contributed by atoms with Crippen molar-refractivity contribution in [2.45, 2.75) is 26.7 Å². The summed E-state index contributed by atoms with van der Waals surface area (Å²) in [4.78, 5) is 0. The molecule has 0 fully saturated rings. The smallest absolute Gasteiger partial charge is 0.000660 e. The predicted molar refractivity (Wildman–Crippen MR) is 66.6 cm³/mol. The largest absolute Gasteiger partial charge is 0.0841 e. The lowest BCUT2D eigenvalue weighted by Crippen LogP contribution is -2.29. The van der Waals surface area contributed by atoms with Crippen LogP contribution in [0.5, 0.6) is 0 Å². The molecular weight excluding hydrogens is 180 g/mol. The highest BCUT2D eigenvalue weighted by atomic mass is 14.4. The highest BCUT2D eigenvalue weighted by Gasteiger charge is 2.32. The Labute approximate surface area is 93.1 Å². The summed E-state index contributed by atoms with van der Waals surface area (Å²) < 4.78 is 0. The molecule has 2 rings (SSSR count). The fourth-order valence-corrected chi connectivity index (χ4v) is 2.40. The summed E-state index contributed by atoms with van der Waals surface area (Å²) in [5, 5.41) is 0. The molecule has 2 aliphatic carbocycles. The summed E-state index contributed by atoms with van der Waals surface area (Å²) in [5.74, 6) is 1.15. The minimum Gasteiger partial charge on any atom is -0.0841 e. The molecule has 0 unspecified atom stereocenters. The van der Waals surface area contributed by atoms with E-state index in [0.717, 1.165) is 12.8 Å². The zero-order valence-corrected chi connectivity index (χ0v) is 9.69. The summed E-state index contributed by atoms with van der Waals surface area (Å²) in [6.07, 6.45) is 20.8. The molecule has 0 radical (unpaired) electrons. The molecule has 15 heavy (non-hydrogen) atoms. The van der Waals surface area contributed by atoms with Crippen LogP contribution in [0.25, 0.3) is 0 Å². The van der Waals surface area contributed by atoms with Gasteiger partial charge >= 0.3 is 0 Å². The summed E-state index contributed by atoms with van der Waals surface area (Å²) in [6.45, 7) is 4.73. The van der Waals surface area contributed by atoms with Crippen LogP contribution < -0.4 is 0 Å². The van der Waals surface area contributed by atoms with Gasteiger partial charge in [0.25, 0.3) is 0 Å².